The predicted molar refractivity (Wildman–Crippen MR) is 112 cm³/mol. The number of nitrogens with one attached hydrogen (secondary N) is 2. The number of fused-ring (bicyclic) bond motifs is 3. The third-order valence-electron chi connectivity index (χ3n) is 5.47. The van der Waals surface area contributed by atoms with E-state index in [2.05, 4.69) is 20.5 Å². The topological polar surface area (TPSA) is 130 Å². The fourth-order valence-corrected chi connectivity index (χ4v) is 3.93. The zero-order valence-electron chi connectivity index (χ0n) is 18.3. The average molecular weight is 445 g/mol. The van der Waals surface area contributed by atoms with Crippen LogP contribution in [0.3, 0.4) is 0 Å². The van der Waals surface area contributed by atoms with Crippen molar-refractivity contribution in [3.8, 4) is 5.88 Å². The van der Waals surface area contributed by atoms with E-state index in [1.807, 2.05) is 20.8 Å². The zero-order chi connectivity index (χ0) is 23.0. The highest BCUT2D eigenvalue weighted by atomic mass is 16.6. The third-order valence-corrected chi connectivity index (χ3v) is 5.47. The maximum Gasteiger partial charge on any atom is 0.410 e. The number of anilines is 1. The van der Waals surface area contributed by atoms with Crippen LogP contribution in [0.5, 0.6) is 5.88 Å². The third kappa shape index (κ3) is 4.61. The van der Waals surface area contributed by atoms with Crippen molar-refractivity contribution in [2.45, 2.75) is 51.3 Å². The monoisotopic (exact) mass is 445 g/mol. The Labute approximate surface area is 185 Å². The lowest BCUT2D eigenvalue weighted by atomic mass is 10.1. The summed E-state index contributed by atoms with van der Waals surface area (Å²) in [7, 11) is 0. The molecule has 4 heterocycles. The lowest BCUT2D eigenvalue weighted by molar-refractivity contribution is -0.134. The number of carbonyl (C=O) groups is 4. The highest BCUT2D eigenvalue weighted by Gasteiger charge is 2.37. The molecule has 2 N–H and O–H groups in total. The zero-order valence-corrected chi connectivity index (χ0v) is 18.3. The van der Waals surface area contributed by atoms with Gasteiger partial charge in [0.25, 0.3) is 5.91 Å². The fourth-order valence-electron chi connectivity index (χ4n) is 3.93. The molecule has 0 unspecified atom stereocenters. The predicted octanol–water partition coefficient (Wildman–Crippen LogP) is 0.435. The van der Waals surface area contributed by atoms with Crippen molar-refractivity contribution >= 4 is 29.5 Å². The van der Waals surface area contributed by atoms with Crippen LogP contribution in [0.4, 0.5) is 10.5 Å². The molecule has 2 saturated heterocycles. The van der Waals surface area contributed by atoms with Crippen molar-refractivity contribution in [1.29, 1.82) is 0 Å². The normalized spacial score (nSPS) is 22.8. The molecule has 4 amide bonds. The molecule has 0 aliphatic carbocycles. The Hall–Kier alpha value is -3.37. The number of pyridine rings is 1. The number of piperidine rings is 1. The lowest BCUT2D eigenvalue weighted by Crippen LogP contribution is -2.59. The number of ether oxygens (including phenoxy) is 2. The Balaban J connectivity index is 1.41. The molecule has 0 spiro atoms. The van der Waals surface area contributed by atoms with Gasteiger partial charge in [-0.3, -0.25) is 19.7 Å². The highest BCUT2D eigenvalue weighted by molar-refractivity contribution is 6.03. The van der Waals surface area contributed by atoms with E-state index in [4.69, 9.17) is 9.47 Å². The largest absolute Gasteiger partial charge is 0.474 e. The molecule has 0 bridgehead atoms. The maximum atomic E-state index is 12.6. The van der Waals surface area contributed by atoms with Gasteiger partial charge in [-0.05, 0) is 39.3 Å². The van der Waals surface area contributed by atoms with Crippen molar-refractivity contribution < 1.29 is 28.7 Å². The highest BCUT2D eigenvalue weighted by Crippen LogP contribution is 2.34. The molecule has 11 heteroatoms. The Morgan fingerprint density at radius 3 is 2.75 bits per heavy atom. The van der Waals surface area contributed by atoms with Crippen molar-refractivity contribution in [3.05, 3.63) is 17.8 Å². The van der Waals surface area contributed by atoms with E-state index in [1.165, 1.54) is 0 Å². The Morgan fingerprint density at radius 2 is 2.03 bits per heavy atom. The van der Waals surface area contributed by atoms with Gasteiger partial charge in [0.1, 0.15) is 29.6 Å². The van der Waals surface area contributed by atoms with Crippen LogP contribution in [0.1, 0.15) is 44.1 Å². The SMILES string of the molecule is CC(C)(C)OC(=O)N1CCN2c3ccc(C(=O)N[C@H]4CCC(=O)NC4=O)nc3OC[C@@H]2C1. The maximum absolute atomic E-state index is 12.6. The summed E-state index contributed by atoms with van der Waals surface area (Å²) in [6.45, 7) is 7.37. The van der Waals surface area contributed by atoms with Crippen LogP contribution < -0.4 is 20.3 Å². The summed E-state index contributed by atoms with van der Waals surface area (Å²) in [5.74, 6) is -1.04. The quantitative estimate of drug-likeness (QED) is 0.627. The van der Waals surface area contributed by atoms with Crippen LogP contribution in [0.2, 0.25) is 0 Å². The number of carbonyl (C=O) groups excluding carboxylic acids is 4. The minimum absolute atomic E-state index is 0.0475. The number of hydrogen-bond acceptors (Lipinski definition) is 8. The fraction of sp³-hybridized carbons (Fsp3) is 0.571. The van der Waals surface area contributed by atoms with Crippen LogP contribution in [0, 0.1) is 0 Å². The van der Waals surface area contributed by atoms with Crippen LogP contribution in [0.25, 0.3) is 0 Å². The van der Waals surface area contributed by atoms with E-state index in [-0.39, 0.29) is 36.6 Å². The van der Waals surface area contributed by atoms with Gasteiger partial charge in [-0.1, -0.05) is 0 Å². The summed E-state index contributed by atoms with van der Waals surface area (Å²) >= 11 is 0. The molecule has 3 aliphatic heterocycles. The van der Waals surface area contributed by atoms with Gasteiger partial charge in [-0.2, -0.15) is 0 Å². The van der Waals surface area contributed by atoms with E-state index < -0.39 is 23.5 Å². The summed E-state index contributed by atoms with van der Waals surface area (Å²) < 4.78 is 11.3. The molecule has 3 aliphatic rings. The molecule has 4 rings (SSSR count). The second-order valence-corrected chi connectivity index (χ2v) is 9.08. The first-order valence-electron chi connectivity index (χ1n) is 10.6. The molecular formula is C21H27N5O6. The first-order valence-corrected chi connectivity index (χ1v) is 10.6. The summed E-state index contributed by atoms with van der Waals surface area (Å²) in [5, 5.41) is 4.82. The number of aromatic nitrogens is 1. The Bertz CT molecular complexity index is 958. The van der Waals surface area contributed by atoms with E-state index in [0.29, 0.717) is 32.1 Å². The minimum Gasteiger partial charge on any atom is -0.474 e. The first kappa shape index (κ1) is 21.8. The second-order valence-electron chi connectivity index (χ2n) is 9.08. The molecule has 172 valence electrons. The Kier molecular flexibility index (Phi) is 5.66. The van der Waals surface area contributed by atoms with Crippen molar-refractivity contribution in [2.75, 3.05) is 31.1 Å². The van der Waals surface area contributed by atoms with Crippen molar-refractivity contribution in [1.82, 2.24) is 20.5 Å². The minimum atomic E-state index is -0.774. The average Bonchev–Trinajstić information content (AvgIpc) is 2.73. The number of imide groups is 1. The Morgan fingerprint density at radius 1 is 1.25 bits per heavy atom. The van der Waals surface area contributed by atoms with Gasteiger partial charge in [0, 0.05) is 26.1 Å². The van der Waals surface area contributed by atoms with Crippen LogP contribution in [-0.4, -0.2) is 77.6 Å². The summed E-state index contributed by atoms with van der Waals surface area (Å²) in [4.78, 5) is 56.2. The van der Waals surface area contributed by atoms with E-state index >= 15 is 0 Å². The van der Waals surface area contributed by atoms with E-state index in [9.17, 15) is 19.2 Å². The van der Waals surface area contributed by atoms with E-state index in [1.54, 1.807) is 17.0 Å². The summed E-state index contributed by atoms with van der Waals surface area (Å²) in [6, 6.07) is 2.52. The molecule has 2 atom stereocenters. The van der Waals surface area contributed by atoms with Gasteiger partial charge in [-0.15, -0.1) is 0 Å². The van der Waals surface area contributed by atoms with Crippen LogP contribution in [0.15, 0.2) is 12.1 Å². The van der Waals surface area contributed by atoms with Gasteiger partial charge in [0.05, 0.1) is 6.04 Å². The van der Waals surface area contributed by atoms with Gasteiger partial charge in [0.15, 0.2) is 0 Å². The lowest BCUT2D eigenvalue weighted by Gasteiger charge is -2.45. The van der Waals surface area contributed by atoms with Gasteiger partial charge in [0.2, 0.25) is 17.7 Å². The summed E-state index contributed by atoms with van der Waals surface area (Å²) in [5.41, 5.74) is 0.320. The van der Waals surface area contributed by atoms with Crippen molar-refractivity contribution in [2.24, 2.45) is 0 Å². The number of nitrogens with zero attached hydrogens (tertiary/aromatic N) is 3. The van der Waals surface area contributed by atoms with Crippen molar-refractivity contribution in [3.63, 3.8) is 0 Å². The molecule has 2 fully saturated rings. The van der Waals surface area contributed by atoms with E-state index in [0.717, 1.165) is 5.69 Å². The molecule has 0 aromatic carbocycles. The standard InChI is InChI=1S/C21H27N5O6/c1-21(2,3)32-20(30)25-8-9-26-12(10-25)11-31-19-15(26)6-4-14(23-19)17(28)22-13-5-7-16(27)24-18(13)29/h4,6,12-13H,5,7-11H2,1-3H3,(H,22,28)(H,24,27,29)/t12-,13-/m0/s1. The molecule has 0 saturated carbocycles. The van der Waals surface area contributed by atoms with Crippen LogP contribution >= 0.6 is 0 Å². The second kappa shape index (κ2) is 8.29. The molecule has 11 nitrogen and oxygen atoms in total. The number of hydrogen-bond donors (Lipinski definition) is 2. The van der Waals surface area contributed by atoms with Gasteiger partial charge >= 0.3 is 6.09 Å². The summed E-state index contributed by atoms with van der Waals surface area (Å²) in [6.07, 6.45) is 0.0803. The number of amides is 4. The molecule has 1 aromatic heterocycles. The molecule has 32 heavy (non-hydrogen) atoms. The molecule has 1 aromatic rings. The van der Waals surface area contributed by atoms with Gasteiger partial charge < -0.3 is 24.6 Å². The first-order chi connectivity index (χ1) is 15.1. The molecular weight excluding hydrogens is 418 g/mol. The number of rotatable bonds is 2. The number of piperazine rings is 1. The smallest absolute Gasteiger partial charge is 0.410 e. The van der Waals surface area contributed by atoms with Crippen LogP contribution in [-0.2, 0) is 14.3 Å². The van der Waals surface area contributed by atoms with Gasteiger partial charge in [-0.25, -0.2) is 9.78 Å². The molecule has 0 radical (unpaired) electrons.